The smallest absolute Gasteiger partial charge is 0.317 e. The Morgan fingerprint density at radius 3 is 1.77 bits per heavy atom. The molecule has 12 aliphatic rings. The molecule has 398 valence electrons. The fourth-order valence-corrected chi connectivity index (χ4v) is 17.2. The lowest BCUT2D eigenvalue weighted by atomic mass is 9.42. The third kappa shape index (κ3) is 9.34. The summed E-state index contributed by atoms with van der Waals surface area (Å²) in [7, 11) is 0. The number of carbonyl (C=O) groups excluding carboxylic acids is 6. The van der Waals surface area contributed by atoms with Crippen LogP contribution in [0, 0.1) is 93.2 Å². The van der Waals surface area contributed by atoms with Crippen molar-refractivity contribution in [2.75, 3.05) is 19.8 Å². The normalized spacial score (nSPS) is 44.2. The first-order valence-corrected chi connectivity index (χ1v) is 24.0. The number of rotatable bonds is 10. The summed E-state index contributed by atoms with van der Waals surface area (Å²) in [5.41, 5.74) is -4.33. The van der Waals surface area contributed by atoms with Gasteiger partial charge >= 0.3 is 35.8 Å². The SMILES string of the molecule is C.C.C.C.C.C.C.C.CC1C(=O)OC(=O)C1C1C2CCC(C2)C1C(C)(CC1C(C)C2CC1C1COC(=O)C21)C(=O)OC12CC3CC(C(=O)OC4CCCCO4)(C1)CC(C(=O)OC1CCCCO1)(C3)C2. The van der Waals surface area contributed by atoms with Gasteiger partial charge < -0.3 is 33.2 Å². The molecule has 0 amide bonds. The van der Waals surface area contributed by atoms with Gasteiger partial charge in [0, 0.05) is 31.6 Å². The second-order valence-corrected chi connectivity index (χ2v) is 22.6. The summed E-state index contributed by atoms with van der Waals surface area (Å²) >= 11 is 0. The monoisotopic (exact) mass is 977 g/mol. The van der Waals surface area contributed by atoms with Gasteiger partial charge in [-0.3, -0.25) is 28.8 Å². The molecule has 0 N–H and O–H groups in total. The van der Waals surface area contributed by atoms with Gasteiger partial charge in [0.15, 0.2) is 0 Å². The van der Waals surface area contributed by atoms with Gasteiger partial charge in [-0.1, -0.05) is 73.3 Å². The summed E-state index contributed by atoms with van der Waals surface area (Å²) in [6.45, 7) is 7.53. The van der Waals surface area contributed by atoms with Crippen LogP contribution in [0.3, 0.4) is 0 Å². The highest BCUT2D eigenvalue weighted by Gasteiger charge is 2.73. The summed E-state index contributed by atoms with van der Waals surface area (Å²) in [6, 6.07) is 0. The van der Waals surface area contributed by atoms with E-state index in [0.29, 0.717) is 58.3 Å². The molecule has 0 aromatic rings. The van der Waals surface area contributed by atoms with E-state index in [2.05, 4.69) is 13.8 Å². The molecule has 8 aliphatic carbocycles. The van der Waals surface area contributed by atoms with Crippen molar-refractivity contribution in [2.45, 2.75) is 208 Å². The molecule has 69 heavy (non-hydrogen) atoms. The van der Waals surface area contributed by atoms with Gasteiger partial charge in [0.25, 0.3) is 0 Å². The van der Waals surface area contributed by atoms with Crippen molar-refractivity contribution < 1.29 is 61.9 Å². The van der Waals surface area contributed by atoms with Crippen molar-refractivity contribution in [3.63, 3.8) is 0 Å². The first-order chi connectivity index (χ1) is 29.2. The Kier molecular flexibility index (Phi) is 18.8. The zero-order valence-electron chi connectivity index (χ0n) is 36.1. The van der Waals surface area contributed by atoms with Crippen LogP contribution in [0.4, 0.5) is 0 Å². The van der Waals surface area contributed by atoms with Gasteiger partial charge in [-0.2, -0.15) is 0 Å². The van der Waals surface area contributed by atoms with Crippen LogP contribution in [0.5, 0.6) is 0 Å². The average Bonchev–Trinajstić information content (AvgIpc) is 4.09. The molecule has 8 bridgehead atoms. The van der Waals surface area contributed by atoms with Gasteiger partial charge in [-0.25, -0.2) is 0 Å². The maximum absolute atomic E-state index is 16.0. The lowest BCUT2D eigenvalue weighted by Crippen LogP contribution is -2.66. The van der Waals surface area contributed by atoms with Crippen molar-refractivity contribution in [1.82, 2.24) is 0 Å². The van der Waals surface area contributed by atoms with E-state index in [1.54, 1.807) is 6.92 Å². The van der Waals surface area contributed by atoms with Crippen LogP contribution in [0.25, 0.3) is 0 Å². The molecule has 0 radical (unpaired) electrons. The maximum Gasteiger partial charge on any atom is 0.317 e. The molecule has 0 spiro atoms. The van der Waals surface area contributed by atoms with Gasteiger partial charge in [0.2, 0.25) is 12.6 Å². The molecule has 12 fully saturated rings. The van der Waals surface area contributed by atoms with Crippen LogP contribution in [0.1, 0.15) is 189 Å². The maximum atomic E-state index is 16.0. The number of hydrogen-bond acceptors (Lipinski definition) is 13. The summed E-state index contributed by atoms with van der Waals surface area (Å²) in [5, 5.41) is 0. The van der Waals surface area contributed by atoms with E-state index < -0.39 is 58.2 Å². The number of fused-ring (bicyclic) bond motifs is 7. The molecular weight excluding hydrogens is 881 g/mol. The van der Waals surface area contributed by atoms with E-state index in [4.69, 9.17) is 33.2 Å². The Labute approximate surface area is 417 Å². The van der Waals surface area contributed by atoms with Crippen LogP contribution in [-0.4, -0.2) is 73.8 Å². The minimum absolute atomic E-state index is 0. The molecule has 4 heterocycles. The van der Waals surface area contributed by atoms with E-state index >= 15 is 4.79 Å². The van der Waals surface area contributed by atoms with E-state index in [0.717, 1.165) is 51.4 Å². The molecule has 4 saturated heterocycles. The topological polar surface area (TPSA) is 167 Å². The first-order valence-electron chi connectivity index (χ1n) is 24.0. The van der Waals surface area contributed by atoms with Crippen LogP contribution < -0.4 is 0 Å². The third-order valence-corrected chi connectivity index (χ3v) is 19.2. The molecule has 13 heteroatoms. The van der Waals surface area contributed by atoms with Crippen LogP contribution in [0.2, 0.25) is 0 Å². The molecule has 17 atom stereocenters. The second kappa shape index (κ2) is 21.6. The highest BCUT2D eigenvalue weighted by molar-refractivity contribution is 5.96. The second-order valence-electron chi connectivity index (χ2n) is 22.6. The van der Waals surface area contributed by atoms with E-state index in [-0.39, 0.29) is 168 Å². The minimum atomic E-state index is -1.13. The standard InChI is InChI=1S/C48H64O13.8CH4/c1-24-29-15-30(32-20-57-40(50)37(29)32)31(24)19-45(3,38-28-11-10-27(14-28)36(38)35-25(2)39(49)60-41(35)51)42(52)61-48-18-26-16-46(22-48,43(53)58-33-8-4-6-12-55-33)21-47(17-26,23-48)44(54)59-34-9-5-7-13-56-34;;;;;;;;/h24-38H,4-23H2,1-3H3;8*1H4. The highest BCUT2D eigenvalue weighted by atomic mass is 16.7. The Morgan fingerprint density at radius 2 is 1.23 bits per heavy atom. The fourth-order valence-electron chi connectivity index (χ4n) is 17.2. The average molecular weight is 977 g/mol. The summed E-state index contributed by atoms with van der Waals surface area (Å²) in [6.07, 6.45) is 10.1. The van der Waals surface area contributed by atoms with Crippen LogP contribution >= 0.6 is 0 Å². The predicted octanol–water partition coefficient (Wildman–Crippen LogP) is 11.6. The molecule has 12 rings (SSSR count). The van der Waals surface area contributed by atoms with Crippen molar-refractivity contribution in [1.29, 1.82) is 0 Å². The predicted molar refractivity (Wildman–Crippen MR) is 265 cm³/mol. The molecule has 8 saturated carbocycles. The fraction of sp³-hybridized carbons (Fsp3) is 0.893. The summed E-state index contributed by atoms with van der Waals surface area (Å²) < 4.78 is 42.2. The quantitative estimate of drug-likeness (QED) is 0.115. The molecule has 17 unspecified atom stereocenters. The van der Waals surface area contributed by atoms with Crippen LogP contribution in [0.15, 0.2) is 0 Å². The molecule has 13 nitrogen and oxygen atoms in total. The Hall–Kier alpha value is -3.06. The highest BCUT2D eigenvalue weighted by Crippen LogP contribution is 2.71. The summed E-state index contributed by atoms with van der Waals surface area (Å²) in [5.74, 6) is -2.91. The number of hydrogen-bond donors (Lipinski definition) is 0. The van der Waals surface area contributed by atoms with Crippen molar-refractivity contribution in [3.8, 4) is 0 Å². The zero-order valence-corrected chi connectivity index (χ0v) is 36.1. The zero-order chi connectivity index (χ0) is 42.2. The van der Waals surface area contributed by atoms with E-state index in [9.17, 15) is 24.0 Å². The Bertz CT molecular complexity index is 1820. The number of cyclic esters (lactones) is 3. The van der Waals surface area contributed by atoms with Crippen LogP contribution in [-0.2, 0) is 61.9 Å². The van der Waals surface area contributed by atoms with Crippen molar-refractivity contribution in [2.24, 2.45) is 93.2 Å². The minimum Gasteiger partial charge on any atom is -0.465 e. The molecule has 0 aromatic heterocycles. The lowest BCUT2D eigenvalue weighted by Gasteiger charge is -2.63. The Balaban J connectivity index is 0.00000158. The molecule has 4 aliphatic heterocycles. The largest absolute Gasteiger partial charge is 0.465 e. The van der Waals surface area contributed by atoms with E-state index in [1.807, 2.05) is 0 Å². The van der Waals surface area contributed by atoms with E-state index in [1.165, 1.54) is 0 Å². The van der Waals surface area contributed by atoms with Crippen molar-refractivity contribution >= 4 is 35.8 Å². The number of ether oxygens (including phenoxy) is 7. The third-order valence-electron chi connectivity index (χ3n) is 19.2. The molecular formula is C56H96O13. The van der Waals surface area contributed by atoms with Gasteiger partial charge in [0.1, 0.15) is 5.60 Å². The number of esters is 6. The van der Waals surface area contributed by atoms with Crippen molar-refractivity contribution in [3.05, 3.63) is 0 Å². The lowest BCUT2D eigenvalue weighted by molar-refractivity contribution is -0.256. The molecule has 0 aromatic carbocycles. The summed E-state index contributed by atoms with van der Waals surface area (Å²) in [4.78, 5) is 84.8. The first kappa shape index (κ1) is 60.2. The van der Waals surface area contributed by atoms with Gasteiger partial charge in [0.05, 0.1) is 53.8 Å². The van der Waals surface area contributed by atoms with Gasteiger partial charge in [-0.05, 0) is 144 Å². The number of carbonyl (C=O) groups is 6. The van der Waals surface area contributed by atoms with Gasteiger partial charge in [-0.15, -0.1) is 0 Å². The Morgan fingerprint density at radius 1 is 0.652 bits per heavy atom.